The second-order valence-corrected chi connectivity index (χ2v) is 9.42. The molecule has 1 aromatic heterocycles. The monoisotopic (exact) mass is 421 g/mol. The summed E-state index contributed by atoms with van der Waals surface area (Å²) in [6.07, 6.45) is 6.01. The molecule has 31 heavy (non-hydrogen) atoms. The van der Waals surface area contributed by atoms with Gasteiger partial charge in [0.1, 0.15) is 5.75 Å². The summed E-state index contributed by atoms with van der Waals surface area (Å²) in [7, 11) is 0. The number of para-hydroxylation sites is 1. The number of likely N-dealkylation sites (tertiary alicyclic amines) is 2. The van der Waals surface area contributed by atoms with E-state index in [2.05, 4.69) is 20.9 Å². The Kier molecular flexibility index (Phi) is 7.23. The Hall–Kier alpha value is -2.40. The summed E-state index contributed by atoms with van der Waals surface area (Å²) in [5.41, 5.74) is 1.27. The molecule has 1 aromatic carbocycles. The average molecular weight is 422 g/mol. The highest BCUT2D eigenvalue weighted by Crippen LogP contribution is 2.37. The number of aromatic nitrogens is 1. The molecule has 5 heteroatoms. The minimum atomic E-state index is 0.0880. The van der Waals surface area contributed by atoms with E-state index in [0.29, 0.717) is 23.7 Å². The van der Waals surface area contributed by atoms with Crippen molar-refractivity contribution >= 4 is 5.91 Å². The number of hydrogen-bond donors (Lipinski definition) is 0. The lowest BCUT2D eigenvalue weighted by molar-refractivity contribution is -0.136. The van der Waals surface area contributed by atoms with E-state index in [1.165, 1.54) is 5.56 Å². The maximum Gasteiger partial charge on any atom is 0.225 e. The third-order valence-corrected chi connectivity index (χ3v) is 6.85. The first-order valence-corrected chi connectivity index (χ1v) is 11.7. The SMILES string of the molecule is CC(C)C(=O)N1CCC([C@@H]2CN(Cc3cccnc3)C[C@H]2COc2ccccc2)CC1. The quantitative estimate of drug-likeness (QED) is 0.675. The van der Waals surface area contributed by atoms with Crippen molar-refractivity contribution in [1.82, 2.24) is 14.8 Å². The lowest BCUT2D eigenvalue weighted by Gasteiger charge is -2.37. The first kappa shape index (κ1) is 21.8. The number of amides is 1. The molecule has 166 valence electrons. The smallest absolute Gasteiger partial charge is 0.225 e. The van der Waals surface area contributed by atoms with E-state index < -0.39 is 0 Å². The minimum Gasteiger partial charge on any atom is -0.493 e. The lowest BCUT2D eigenvalue weighted by Crippen LogP contribution is -2.43. The fraction of sp³-hybridized carbons (Fsp3) is 0.538. The maximum atomic E-state index is 12.4. The molecule has 2 fully saturated rings. The summed E-state index contributed by atoms with van der Waals surface area (Å²) in [5.74, 6) is 3.10. The van der Waals surface area contributed by atoms with Crippen molar-refractivity contribution in [1.29, 1.82) is 0 Å². The molecule has 2 atom stereocenters. The Balaban J connectivity index is 1.40. The molecule has 0 bridgehead atoms. The van der Waals surface area contributed by atoms with Crippen LogP contribution in [0.4, 0.5) is 0 Å². The highest BCUT2D eigenvalue weighted by atomic mass is 16.5. The largest absolute Gasteiger partial charge is 0.493 e. The molecule has 2 aromatic rings. The first-order valence-electron chi connectivity index (χ1n) is 11.7. The summed E-state index contributed by atoms with van der Waals surface area (Å²) < 4.78 is 6.20. The van der Waals surface area contributed by atoms with E-state index in [4.69, 9.17) is 4.74 Å². The van der Waals surface area contributed by atoms with Crippen LogP contribution in [-0.4, -0.2) is 53.5 Å². The Morgan fingerprint density at radius 2 is 1.87 bits per heavy atom. The molecule has 0 N–H and O–H groups in total. The van der Waals surface area contributed by atoms with Crippen molar-refractivity contribution in [3.8, 4) is 5.75 Å². The second-order valence-electron chi connectivity index (χ2n) is 9.42. The van der Waals surface area contributed by atoms with Gasteiger partial charge >= 0.3 is 0 Å². The number of benzene rings is 1. The summed E-state index contributed by atoms with van der Waals surface area (Å²) in [4.78, 5) is 21.3. The van der Waals surface area contributed by atoms with Crippen LogP contribution in [0, 0.1) is 23.7 Å². The van der Waals surface area contributed by atoms with Crippen LogP contribution in [0.5, 0.6) is 5.75 Å². The molecule has 3 heterocycles. The van der Waals surface area contributed by atoms with Crippen LogP contribution in [0.25, 0.3) is 0 Å². The average Bonchev–Trinajstić information content (AvgIpc) is 3.21. The Labute approximate surface area is 186 Å². The first-order chi connectivity index (χ1) is 15.1. The number of piperidine rings is 1. The van der Waals surface area contributed by atoms with E-state index in [1.807, 2.05) is 62.6 Å². The fourth-order valence-electron chi connectivity index (χ4n) is 5.21. The van der Waals surface area contributed by atoms with Gasteiger partial charge in [0.2, 0.25) is 5.91 Å². The Morgan fingerprint density at radius 1 is 1.10 bits per heavy atom. The van der Waals surface area contributed by atoms with Crippen molar-refractivity contribution in [2.45, 2.75) is 33.2 Å². The molecule has 2 aliphatic rings. The zero-order chi connectivity index (χ0) is 21.6. The van der Waals surface area contributed by atoms with Gasteiger partial charge in [0.05, 0.1) is 6.61 Å². The molecule has 0 aliphatic carbocycles. The predicted octanol–water partition coefficient (Wildman–Crippen LogP) is 4.10. The molecule has 0 spiro atoms. The van der Waals surface area contributed by atoms with E-state index in [-0.39, 0.29) is 5.92 Å². The zero-order valence-electron chi connectivity index (χ0n) is 18.8. The van der Waals surface area contributed by atoms with E-state index in [0.717, 1.165) is 57.9 Å². The van der Waals surface area contributed by atoms with Crippen molar-refractivity contribution < 1.29 is 9.53 Å². The highest BCUT2D eigenvalue weighted by molar-refractivity contribution is 5.78. The van der Waals surface area contributed by atoms with Crippen LogP contribution in [0.15, 0.2) is 54.9 Å². The van der Waals surface area contributed by atoms with Gasteiger partial charge in [-0.15, -0.1) is 0 Å². The Bertz CT molecular complexity index is 819. The van der Waals surface area contributed by atoms with Gasteiger partial charge in [0.15, 0.2) is 0 Å². The summed E-state index contributed by atoms with van der Waals surface area (Å²) in [6.45, 7) is 9.63. The van der Waals surface area contributed by atoms with Gasteiger partial charge in [0, 0.05) is 57.0 Å². The summed E-state index contributed by atoms with van der Waals surface area (Å²) in [6, 6.07) is 14.3. The number of carbonyl (C=O) groups excluding carboxylic acids is 1. The number of carbonyl (C=O) groups is 1. The zero-order valence-corrected chi connectivity index (χ0v) is 18.8. The van der Waals surface area contributed by atoms with Gasteiger partial charge in [0.25, 0.3) is 0 Å². The summed E-state index contributed by atoms with van der Waals surface area (Å²) >= 11 is 0. The molecular formula is C26H35N3O2. The maximum absolute atomic E-state index is 12.4. The number of rotatable bonds is 7. The minimum absolute atomic E-state index is 0.0880. The standard InChI is InChI=1S/C26H35N3O2/c1-20(2)26(30)29-13-10-22(11-14-29)25-18-28(16-21-7-6-12-27-15-21)17-23(25)19-31-24-8-4-3-5-9-24/h3-9,12,15,20,22-23,25H,10-11,13-14,16-19H2,1-2H3/t23-,25-/m0/s1. The van der Waals surface area contributed by atoms with Gasteiger partial charge < -0.3 is 9.64 Å². The third kappa shape index (κ3) is 5.65. The number of nitrogens with zero attached hydrogens (tertiary/aromatic N) is 3. The van der Waals surface area contributed by atoms with Crippen molar-refractivity contribution in [2.75, 3.05) is 32.8 Å². The molecule has 1 amide bonds. The highest BCUT2D eigenvalue weighted by Gasteiger charge is 2.39. The van der Waals surface area contributed by atoms with Crippen LogP contribution in [0.2, 0.25) is 0 Å². The predicted molar refractivity (Wildman–Crippen MR) is 123 cm³/mol. The molecule has 0 radical (unpaired) electrons. The van der Waals surface area contributed by atoms with Crippen molar-refractivity contribution in [3.63, 3.8) is 0 Å². The van der Waals surface area contributed by atoms with Crippen molar-refractivity contribution in [2.24, 2.45) is 23.7 Å². The molecule has 0 saturated carbocycles. The van der Waals surface area contributed by atoms with Crippen LogP contribution in [-0.2, 0) is 11.3 Å². The van der Waals surface area contributed by atoms with E-state index in [1.54, 1.807) is 0 Å². The normalized spacial score (nSPS) is 22.7. The topological polar surface area (TPSA) is 45.7 Å². The van der Waals surface area contributed by atoms with Crippen LogP contribution >= 0.6 is 0 Å². The van der Waals surface area contributed by atoms with Crippen LogP contribution < -0.4 is 4.74 Å². The van der Waals surface area contributed by atoms with Gasteiger partial charge in [-0.3, -0.25) is 14.7 Å². The molecular weight excluding hydrogens is 386 g/mol. The number of ether oxygens (including phenoxy) is 1. The number of hydrogen-bond acceptors (Lipinski definition) is 4. The Morgan fingerprint density at radius 3 is 2.55 bits per heavy atom. The molecule has 5 nitrogen and oxygen atoms in total. The van der Waals surface area contributed by atoms with E-state index in [9.17, 15) is 4.79 Å². The van der Waals surface area contributed by atoms with Crippen molar-refractivity contribution in [3.05, 3.63) is 60.4 Å². The van der Waals surface area contributed by atoms with E-state index >= 15 is 0 Å². The van der Waals surface area contributed by atoms with Gasteiger partial charge in [-0.25, -0.2) is 0 Å². The molecule has 4 rings (SSSR count). The van der Waals surface area contributed by atoms with Gasteiger partial charge in [-0.05, 0) is 48.4 Å². The lowest BCUT2D eigenvalue weighted by atomic mass is 9.78. The molecule has 0 unspecified atom stereocenters. The fourth-order valence-corrected chi connectivity index (χ4v) is 5.21. The van der Waals surface area contributed by atoms with Crippen LogP contribution in [0.3, 0.4) is 0 Å². The molecule has 2 saturated heterocycles. The number of pyridine rings is 1. The molecule has 2 aliphatic heterocycles. The van der Waals surface area contributed by atoms with Gasteiger partial charge in [-0.1, -0.05) is 38.1 Å². The third-order valence-electron chi connectivity index (χ3n) is 6.85. The second kappa shape index (κ2) is 10.3. The van der Waals surface area contributed by atoms with Crippen LogP contribution in [0.1, 0.15) is 32.3 Å². The summed E-state index contributed by atoms with van der Waals surface area (Å²) in [5, 5.41) is 0. The van der Waals surface area contributed by atoms with Gasteiger partial charge in [-0.2, -0.15) is 0 Å².